The summed E-state index contributed by atoms with van der Waals surface area (Å²) in [4.78, 5) is 13.2. The lowest BCUT2D eigenvalue weighted by atomic mass is 10.1. The van der Waals surface area contributed by atoms with Crippen molar-refractivity contribution in [3.8, 4) is 6.01 Å². The van der Waals surface area contributed by atoms with Crippen LogP contribution >= 0.6 is 27.5 Å². The van der Waals surface area contributed by atoms with Crippen molar-refractivity contribution >= 4 is 44.3 Å². The molecule has 0 amide bonds. The van der Waals surface area contributed by atoms with Gasteiger partial charge in [0.25, 0.3) is 0 Å². The molecule has 2 unspecified atom stereocenters. The fraction of sp³-hybridized carbons (Fsp3) is 0.600. The van der Waals surface area contributed by atoms with Crippen molar-refractivity contribution in [1.82, 2.24) is 20.2 Å². The summed E-state index contributed by atoms with van der Waals surface area (Å²) >= 11 is 9.31. The molecule has 3 aliphatic rings. The summed E-state index contributed by atoms with van der Waals surface area (Å²) in [5.74, 6) is 0.186. The quantitative estimate of drug-likeness (QED) is 0.651. The van der Waals surface area contributed by atoms with Crippen molar-refractivity contribution in [2.45, 2.75) is 37.8 Å². The molecule has 2 atom stereocenters. The number of benzene rings is 1. The summed E-state index contributed by atoms with van der Waals surface area (Å²) in [6, 6.07) is 2.76. The molecule has 1 N–H and O–H groups in total. The molecule has 1 aromatic heterocycles. The minimum absolute atomic E-state index is 0.159. The van der Waals surface area contributed by atoms with Gasteiger partial charge < -0.3 is 19.9 Å². The van der Waals surface area contributed by atoms with Crippen molar-refractivity contribution in [2.75, 3.05) is 45.2 Å². The predicted octanol–water partition coefficient (Wildman–Crippen LogP) is 3.85. The highest BCUT2D eigenvalue weighted by atomic mass is 79.9. The van der Waals surface area contributed by atoms with Crippen molar-refractivity contribution < 1.29 is 9.13 Å². The molecule has 9 heteroatoms. The first-order valence-corrected chi connectivity index (χ1v) is 11.2. The standard InChI is InChI=1S/C15H15BrClFN4O.C5H11N/c1-23-15-20-13-9(4-10(17)11(16)12(13)18)14(21-15)22-5-7-2-3-8(6-22)19-7;1-6-4-2-3-5-6/h4,7-8,19H,2-3,5-6H2,1H3;2-5H2,1H3. The first-order valence-electron chi connectivity index (χ1n) is 10.0. The molecular formula is C20H26BrClFN5O. The molecule has 6 nitrogen and oxygen atoms in total. The van der Waals surface area contributed by atoms with Gasteiger partial charge in [0, 0.05) is 30.6 Å². The molecule has 2 bridgehead atoms. The molecule has 29 heavy (non-hydrogen) atoms. The van der Waals surface area contributed by atoms with Crippen molar-refractivity contribution in [1.29, 1.82) is 0 Å². The Hall–Kier alpha value is -1.22. The number of nitrogens with one attached hydrogen (secondary N) is 1. The molecule has 3 saturated heterocycles. The van der Waals surface area contributed by atoms with Gasteiger partial charge in [0.05, 0.1) is 16.6 Å². The molecule has 5 rings (SSSR count). The number of nitrogens with zero attached hydrogens (tertiary/aromatic N) is 4. The molecule has 3 fully saturated rings. The Balaban J connectivity index is 0.000000294. The number of fused-ring (bicyclic) bond motifs is 3. The second-order valence-electron chi connectivity index (χ2n) is 7.97. The van der Waals surface area contributed by atoms with Gasteiger partial charge in [-0.25, -0.2) is 4.39 Å². The van der Waals surface area contributed by atoms with Crippen LogP contribution in [0, 0.1) is 5.82 Å². The molecule has 2 aromatic rings. The molecule has 0 saturated carbocycles. The maximum absolute atomic E-state index is 14.6. The molecule has 4 heterocycles. The van der Waals surface area contributed by atoms with Gasteiger partial charge >= 0.3 is 6.01 Å². The minimum atomic E-state index is -0.493. The first kappa shape index (κ1) is 21.0. The monoisotopic (exact) mass is 485 g/mol. The fourth-order valence-electron chi connectivity index (χ4n) is 4.31. The van der Waals surface area contributed by atoms with E-state index in [2.05, 4.69) is 48.1 Å². The highest BCUT2D eigenvalue weighted by Crippen LogP contribution is 2.37. The van der Waals surface area contributed by atoms with E-state index in [1.54, 1.807) is 6.07 Å². The number of hydrogen-bond acceptors (Lipinski definition) is 6. The zero-order chi connectivity index (χ0) is 20.5. The van der Waals surface area contributed by atoms with E-state index in [1.165, 1.54) is 33.0 Å². The maximum atomic E-state index is 14.6. The topological polar surface area (TPSA) is 53.5 Å². The van der Waals surface area contributed by atoms with Crippen molar-refractivity contribution in [3.63, 3.8) is 0 Å². The summed E-state index contributed by atoms with van der Waals surface area (Å²) in [6.45, 7) is 4.31. The predicted molar refractivity (Wildman–Crippen MR) is 118 cm³/mol. The number of aromatic nitrogens is 2. The molecule has 158 valence electrons. The highest BCUT2D eigenvalue weighted by Gasteiger charge is 2.34. The van der Waals surface area contributed by atoms with Crippen LogP contribution in [0.2, 0.25) is 5.02 Å². The Morgan fingerprint density at radius 3 is 2.41 bits per heavy atom. The zero-order valence-electron chi connectivity index (χ0n) is 16.7. The number of methoxy groups -OCH3 is 1. The summed E-state index contributed by atoms with van der Waals surface area (Å²) in [7, 11) is 3.66. The lowest BCUT2D eigenvalue weighted by Gasteiger charge is -2.34. The number of hydrogen-bond donors (Lipinski definition) is 1. The number of halogens is 3. The van der Waals surface area contributed by atoms with Crippen LogP contribution in [0.5, 0.6) is 6.01 Å². The Bertz CT molecular complexity index is 883. The molecule has 3 aliphatic heterocycles. The average molecular weight is 487 g/mol. The summed E-state index contributed by atoms with van der Waals surface area (Å²) < 4.78 is 20.0. The van der Waals surface area contributed by atoms with E-state index in [4.69, 9.17) is 16.3 Å². The van der Waals surface area contributed by atoms with Crippen LogP contribution in [0.4, 0.5) is 10.2 Å². The van der Waals surface area contributed by atoms with E-state index in [0.717, 1.165) is 25.9 Å². The zero-order valence-corrected chi connectivity index (χ0v) is 19.1. The fourth-order valence-corrected chi connectivity index (χ4v) is 4.81. The SMILES string of the molecule is CN1CCCC1.COc1nc(N2CC3CCC(C2)N3)c2cc(Cl)c(Br)c(F)c2n1. The largest absolute Gasteiger partial charge is 0.467 e. The Labute approximate surface area is 183 Å². The van der Waals surface area contributed by atoms with Crippen LogP contribution in [-0.2, 0) is 0 Å². The van der Waals surface area contributed by atoms with Gasteiger partial charge in [-0.05, 0) is 67.8 Å². The summed E-state index contributed by atoms with van der Waals surface area (Å²) in [5.41, 5.74) is 0.217. The number of likely N-dealkylation sites (tertiary alicyclic amines) is 1. The average Bonchev–Trinajstić information content (AvgIpc) is 3.34. The lowest BCUT2D eigenvalue weighted by molar-refractivity contribution is 0.380. The van der Waals surface area contributed by atoms with Crippen molar-refractivity contribution in [3.05, 3.63) is 21.4 Å². The van der Waals surface area contributed by atoms with Gasteiger partial charge in [0.15, 0.2) is 5.82 Å². The van der Waals surface area contributed by atoms with E-state index in [-0.39, 0.29) is 16.0 Å². The van der Waals surface area contributed by atoms with Gasteiger partial charge in [-0.3, -0.25) is 0 Å². The Morgan fingerprint density at radius 1 is 1.21 bits per heavy atom. The molecule has 1 aromatic carbocycles. The van der Waals surface area contributed by atoms with Crippen LogP contribution in [0.3, 0.4) is 0 Å². The smallest absolute Gasteiger partial charge is 0.318 e. The third kappa shape index (κ3) is 4.45. The van der Waals surface area contributed by atoms with Crippen LogP contribution in [0.25, 0.3) is 10.9 Å². The maximum Gasteiger partial charge on any atom is 0.318 e. The second-order valence-corrected chi connectivity index (χ2v) is 9.17. The van der Waals surface area contributed by atoms with E-state index in [9.17, 15) is 4.39 Å². The molecule has 0 aliphatic carbocycles. The normalized spacial score (nSPS) is 24.0. The van der Waals surface area contributed by atoms with Crippen LogP contribution in [0.15, 0.2) is 10.5 Å². The van der Waals surface area contributed by atoms with E-state index in [1.807, 2.05) is 0 Å². The van der Waals surface area contributed by atoms with Crippen molar-refractivity contribution in [2.24, 2.45) is 0 Å². The molecular weight excluding hydrogens is 461 g/mol. The number of piperazine rings is 1. The van der Waals surface area contributed by atoms with E-state index >= 15 is 0 Å². The van der Waals surface area contributed by atoms with E-state index < -0.39 is 5.82 Å². The summed E-state index contributed by atoms with van der Waals surface area (Å²) in [6.07, 6.45) is 5.14. The third-order valence-electron chi connectivity index (χ3n) is 5.81. The number of ether oxygens (including phenoxy) is 1. The molecule has 0 radical (unpaired) electrons. The number of rotatable bonds is 2. The Kier molecular flexibility index (Phi) is 6.44. The molecule has 0 spiro atoms. The van der Waals surface area contributed by atoms with E-state index in [0.29, 0.717) is 28.3 Å². The van der Waals surface area contributed by atoms with Gasteiger partial charge in [-0.15, -0.1) is 0 Å². The van der Waals surface area contributed by atoms with Crippen LogP contribution in [0.1, 0.15) is 25.7 Å². The van der Waals surface area contributed by atoms with Gasteiger partial charge in [-0.1, -0.05) is 11.6 Å². The summed E-state index contributed by atoms with van der Waals surface area (Å²) in [5, 5.41) is 4.49. The van der Waals surface area contributed by atoms with Gasteiger partial charge in [0.2, 0.25) is 0 Å². The minimum Gasteiger partial charge on any atom is -0.467 e. The second kappa shape index (κ2) is 8.88. The number of anilines is 1. The highest BCUT2D eigenvalue weighted by molar-refractivity contribution is 9.10. The Morgan fingerprint density at radius 2 is 1.86 bits per heavy atom. The van der Waals surface area contributed by atoms with Gasteiger partial charge in [0.1, 0.15) is 11.3 Å². The first-order chi connectivity index (χ1) is 14.0. The van der Waals surface area contributed by atoms with Gasteiger partial charge in [-0.2, -0.15) is 9.97 Å². The van der Waals surface area contributed by atoms with Crippen LogP contribution < -0.4 is 15.0 Å². The lowest BCUT2D eigenvalue weighted by Crippen LogP contribution is -2.51. The third-order valence-corrected chi connectivity index (χ3v) is 7.12. The van der Waals surface area contributed by atoms with Crippen LogP contribution in [-0.4, -0.2) is 67.3 Å².